The number of nitrogens with two attached hydrogens (primary N) is 1. The molecule has 0 aliphatic carbocycles. The third-order valence-corrected chi connectivity index (χ3v) is 2.64. The van der Waals surface area contributed by atoms with Crippen molar-refractivity contribution < 1.29 is 19.8 Å². The van der Waals surface area contributed by atoms with E-state index in [0.29, 0.717) is 25.6 Å². The summed E-state index contributed by atoms with van der Waals surface area (Å²) in [7, 11) is 0. The lowest BCUT2D eigenvalue weighted by atomic mass is 10.1. The molecule has 5 N–H and O–H groups in total. The third kappa shape index (κ3) is 3.35. The highest BCUT2D eigenvalue weighted by molar-refractivity contribution is 5.77. The number of nitrogens with one attached hydrogen (secondary N) is 1. The molecular weight excluding hydrogens is 214 g/mol. The van der Waals surface area contributed by atoms with Gasteiger partial charge in [0.2, 0.25) is 0 Å². The molecule has 0 aromatic carbocycles. The predicted octanol–water partition coefficient (Wildman–Crippen LogP) is -1.58. The maximum atomic E-state index is 11.5. The van der Waals surface area contributed by atoms with E-state index in [4.69, 9.17) is 15.9 Å². The number of aliphatic carboxylic acids is 1. The number of amides is 2. The fourth-order valence-corrected chi connectivity index (χ4v) is 1.59. The second-order valence-corrected chi connectivity index (χ2v) is 3.88. The zero-order chi connectivity index (χ0) is 12.1. The first-order valence-corrected chi connectivity index (χ1v) is 5.18. The SMILES string of the molecule is NCC1CCN(C(=O)NCC(O)C(=O)O)C1. The van der Waals surface area contributed by atoms with Crippen LogP contribution in [-0.4, -0.2) is 59.4 Å². The summed E-state index contributed by atoms with van der Waals surface area (Å²) >= 11 is 0. The molecule has 1 heterocycles. The van der Waals surface area contributed by atoms with Crippen LogP contribution >= 0.6 is 0 Å². The largest absolute Gasteiger partial charge is 0.479 e. The molecule has 0 spiro atoms. The average molecular weight is 231 g/mol. The Morgan fingerprint density at radius 2 is 2.25 bits per heavy atom. The topological polar surface area (TPSA) is 116 Å². The maximum absolute atomic E-state index is 11.5. The van der Waals surface area contributed by atoms with E-state index in [-0.39, 0.29) is 12.6 Å². The number of carbonyl (C=O) groups excluding carboxylic acids is 1. The molecule has 16 heavy (non-hydrogen) atoms. The molecule has 92 valence electrons. The number of hydrogen-bond acceptors (Lipinski definition) is 4. The van der Waals surface area contributed by atoms with Crippen molar-refractivity contribution in [2.45, 2.75) is 12.5 Å². The summed E-state index contributed by atoms with van der Waals surface area (Å²) < 4.78 is 0. The van der Waals surface area contributed by atoms with E-state index in [1.807, 2.05) is 0 Å². The number of likely N-dealkylation sites (tertiary alicyclic amines) is 1. The van der Waals surface area contributed by atoms with Crippen molar-refractivity contribution in [2.75, 3.05) is 26.2 Å². The van der Waals surface area contributed by atoms with E-state index < -0.39 is 12.1 Å². The van der Waals surface area contributed by atoms with E-state index in [2.05, 4.69) is 5.32 Å². The molecule has 7 nitrogen and oxygen atoms in total. The van der Waals surface area contributed by atoms with Crippen LogP contribution in [0.1, 0.15) is 6.42 Å². The summed E-state index contributed by atoms with van der Waals surface area (Å²) in [6, 6.07) is -0.351. The van der Waals surface area contributed by atoms with Gasteiger partial charge in [-0.25, -0.2) is 9.59 Å². The van der Waals surface area contributed by atoms with Crippen molar-refractivity contribution in [3.05, 3.63) is 0 Å². The van der Waals surface area contributed by atoms with Crippen LogP contribution in [-0.2, 0) is 4.79 Å². The molecule has 2 amide bonds. The first-order valence-electron chi connectivity index (χ1n) is 5.18. The van der Waals surface area contributed by atoms with Crippen molar-refractivity contribution in [1.29, 1.82) is 0 Å². The summed E-state index contributed by atoms with van der Waals surface area (Å²) in [5.41, 5.74) is 5.48. The molecule has 1 fully saturated rings. The smallest absolute Gasteiger partial charge is 0.334 e. The number of carboxylic acid groups (broad SMARTS) is 1. The Morgan fingerprint density at radius 3 is 2.75 bits per heavy atom. The summed E-state index contributed by atoms with van der Waals surface area (Å²) in [5.74, 6) is -1.03. The summed E-state index contributed by atoms with van der Waals surface area (Å²) in [6.45, 7) is 1.47. The van der Waals surface area contributed by atoms with Gasteiger partial charge < -0.3 is 26.2 Å². The molecular formula is C9H17N3O4. The second kappa shape index (κ2) is 5.66. The molecule has 1 aliphatic heterocycles. The average Bonchev–Trinajstić information content (AvgIpc) is 2.73. The Bertz CT molecular complexity index is 271. The first kappa shape index (κ1) is 12.7. The summed E-state index contributed by atoms with van der Waals surface area (Å²) in [4.78, 5) is 23.4. The van der Waals surface area contributed by atoms with Gasteiger partial charge in [-0.2, -0.15) is 0 Å². The van der Waals surface area contributed by atoms with Gasteiger partial charge in [-0.05, 0) is 18.9 Å². The fourth-order valence-electron chi connectivity index (χ4n) is 1.59. The van der Waals surface area contributed by atoms with E-state index in [1.165, 1.54) is 0 Å². The molecule has 7 heteroatoms. The number of urea groups is 1. The van der Waals surface area contributed by atoms with Crippen molar-refractivity contribution in [3.63, 3.8) is 0 Å². The van der Waals surface area contributed by atoms with Crippen LogP contribution in [0.15, 0.2) is 0 Å². The molecule has 2 unspecified atom stereocenters. The minimum absolute atomic E-state index is 0.280. The van der Waals surface area contributed by atoms with Crippen LogP contribution in [0, 0.1) is 5.92 Å². The Hall–Kier alpha value is -1.34. The normalized spacial score (nSPS) is 21.9. The van der Waals surface area contributed by atoms with Crippen LogP contribution in [0.5, 0.6) is 0 Å². The van der Waals surface area contributed by atoms with E-state index in [0.717, 1.165) is 6.42 Å². The highest BCUT2D eigenvalue weighted by Gasteiger charge is 2.25. The van der Waals surface area contributed by atoms with Crippen LogP contribution in [0.3, 0.4) is 0 Å². The molecule has 1 aliphatic rings. The van der Waals surface area contributed by atoms with Gasteiger partial charge >= 0.3 is 12.0 Å². The molecule has 0 bridgehead atoms. The van der Waals surface area contributed by atoms with Crippen LogP contribution in [0.4, 0.5) is 4.79 Å². The van der Waals surface area contributed by atoms with E-state index >= 15 is 0 Å². The number of carboxylic acids is 1. The minimum Gasteiger partial charge on any atom is -0.479 e. The monoisotopic (exact) mass is 231 g/mol. The number of hydrogen-bond donors (Lipinski definition) is 4. The quantitative estimate of drug-likeness (QED) is 0.466. The van der Waals surface area contributed by atoms with Gasteiger partial charge in [-0.1, -0.05) is 0 Å². The van der Waals surface area contributed by atoms with Crippen molar-refractivity contribution in [1.82, 2.24) is 10.2 Å². The van der Waals surface area contributed by atoms with Gasteiger partial charge in [0.25, 0.3) is 0 Å². The molecule has 0 aromatic rings. The molecule has 1 saturated heterocycles. The lowest BCUT2D eigenvalue weighted by Gasteiger charge is -2.17. The molecule has 0 aromatic heterocycles. The molecule has 0 saturated carbocycles. The molecule has 1 rings (SSSR count). The van der Waals surface area contributed by atoms with Gasteiger partial charge in [0, 0.05) is 13.1 Å². The van der Waals surface area contributed by atoms with Crippen molar-refractivity contribution in [3.8, 4) is 0 Å². The highest BCUT2D eigenvalue weighted by atomic mass is 16.4. The van der Waals surface area contributed by atoms with Crippen LogP contribution < -0.4 is 11.1 Å². The zero-order valence-corrected chi connectivity index (χ0v) is 8.93. The van der Waals surface area contributed by atoms with Gasteiger partial charge in [-0.15, -0.1) is 0 Å². The number of aliphatic hydroxyl groups excluding tert-OH is 1. The second-order valence-electron chi connectivity index (χ2n) is 3.88. The van der Waals surface area contributed by atoms with E-state index in [1.54, 1.807) is 4.90 Å². The Kier molecular flexibility index (Phi) is 4.51. The number of nitrogens with zero attached hydrogens (tertiary/aromatic N) is 1. The standard InChI is InChI=1S/C9H17N3O4/c10-3-6-1-2-12(5-6)9(16)11-4-7(13)8(14)15/h6-7,13H,1-5,10H2,(H,11,16)(H,14,15). The van der Waals surface area contributed by atoms with Gasteiger partial charge in [0.1, 0.15) is 0 Å². The molecule has 2 atom stereocenters. The number of carbonyl (C=O) groups is 2. The predicted molar refractivity (Wildman–Crippen MR) is 55.8 cm³/mol. The lowest BCUT2D eigenvalue weighted by molar-refractivity contribution is -0.146. The van der Waals surface area contributed by atoms with Gasteiger partial charge in [0.05, 0.1) is 6.54 Å². The Balaban J connectivity index is 2.28. The van der Waals surface area contributed by atoms with Crippen LogP contribution in [0.2, 0.25) is 0 Å². The fraction of sp³-hybridized carbons (Fsp3) is 0.778. The van der Waals surface area contributed by atoms with Crippen LogP contribution in [0.25, 0.3) is 0 Å². The Labute approximate surface area is 93.2 Å². The van der Waals surface area contributed by atoms with Crippen molar-refractivity contribution in [2.24, 2.45) is 11.7 Å². The maximum Gasteiger partial charge on any atom is 0.334 e. The molecule has 0 radical (unpaired) electrons. The highest BCUT2D eigenvalue weighted by Crippen LogP contribution is 2.14. The summed E-state index contributed by atoms with van der Waals surface area (Å²) in [5, 5.41) is 19.7. The lowest BCUT2D eigenvalue weighted by Crippen LogP contribution is -2.43. The summed E-state index contributed by atoms with van der Waals surface area (Å²) in [6.07, 6.45) is -0.692. The minimum atomic E-state index is -1.56. The Morgan fingerprint density at radius 1 is 1.56 bits per heavy atom. The first-order chi connectivity index (χ1) is 7.54. The zero-order valence-electron chi connectivity index (χ0n) is 8.93. The van der Waals surface area contributed by atoms with E-state index in [9.17, 15) is 9.59 Å². The van der Waals surface area contributed by atoms with Gasteiger partial charge in [-0.3, -0.25) is 0 Å². The van der Waals surface area contributed by atoms with Crippen molar-refractivity contribution >= 4 is 12.0 Å². The number of aliphatic hydroxyl groups is 1. The van der Waals surface area contributed by atoms with Gasteiger partial charge in [0.15, 0.2) is 6.10 Å². The third-order valence-electron chi connectivity index (χ3n) is 2.64. The number of rotatable bonds is 4.